The average molecular weight is 210 g/mol. The fourth-order valence-corrected chi connectivity index (χ4v) is 2.29. The Kier molecular flexibility index (Phi) is 3.01. The van der Waals surface area contributed by atoms with Crippen LogP contribution in [0.5, 0.6) is 0 Å². The summed E-state index contributed by atoms with van der Waals surface area (Å²) in [5.41, 5.74) is 0. The Balaban J connectivity index is 1.97. The number of amides is 1. The van der Waals surface area contributed by atoms with Gasteiger partial charge < -0.3 is 4.90 Å². The van der Waals surface area contributed by atoms with Gasteiger partial charge in [-0.05, 0) is 38.0 Å². The third kappa shape index (κ3) is 2.51. The molecule has 1 heterocycles. The molecule has 3 nitrogen and oxygen atoms in total. The summed E-state index contributed by atoms with van der Waals surface area (Å²) >= 11 is 0. The molecule has 2 atom stereocenters. The highest BCUT2D eigenvalue weighted by molar-refractivity contribution is 5.83. The quantitative estimate of drug-likeness (QED) is 0.764. The van der Waals surface area contributed by atoms with Gasteiger partial charge in [-0.2, -0.15) is 0 Å². The Hall–Kier alpha value is -0.570. The summed E-state index contributed by atoms with van der Waals surface area (Å²) < 4.78 is 0. The molecule has 0 spiro atoms. The van der Waals surface area contributed by atoms with Crippen LogP contribution in [0.3, 0.4) is 0 Å². The van der Waals surface area contributed by atoms with Crippen LogP contribution in [-0.4, -0.2) is 29.6 Å². The van der Waals surface area contributed by atoms with Crippen LogP contribution >= 0.6 is 0 Å². The van der Waals surface area contributed by atoms with E-state index >= 15 is 0 Å². The van der Waals surface area contributed by atoms with Crippen LogP contribution in [-0.2, 0) is 4.79 Å². The van der Waals surface area contributed by atoms with E-state index in [9.17, 15) is 4.79 Å². The fraction of sp³-hybridized carbons (Fsp3) is 0.917. The van der Waals surface area contributed by atoms with Crippen molar-refractivity contribution >= 4 is 5.91 Å². The Bertz CT molecular complexity index is 248. The normalized spacial score (nSPS) is 31.7. The molecule has 86 valence electrons. The molecule has 2 rings (SSSR count). The number of hydrogen-bond acceptors (Lipinski definition) is 2. The lowest BCUT2D eigenvalue weighted by molar-refractivity contribution is -0.130. The summed E-state index contributed by atoms with van der Waals surface area (Å²) in [5.74, 6) is 1.73. The first-order chi connectivity index (χ1) is 7.08. The Morgan fingerprint density at radius 3 is 2.67 bits per heavy atom. The minimum Gasteiger partial charge on any atom is -0.326 e. The van der Waals surface area contributed by atoms with E-state index in [2.05, 4.69) is 24.1 Å². The van der Waals surface area contributed by atoms with Crippen molar-refractivity contribution in [1.82, 2.24) is 10.2 Å². The van der Waals surface area contributed by atoms with Gasteiger partial charge in [-0.1, -0.05) is 13.8 Å². The van der Waals surface area contributed by atoms with Gasteiger partial charge in [0.2, 0.25) is 5.91 Å². The molecule has 0 radical (unpaired) electrons. The van der Waals surface area contributed by atoms with Gasteiger partial charge in [-0.25, -0.2) is 0 Å². The lowest BCUT2D eigenvalue weighted by Crippen LogP contribution is -2.39. The summed E-state index contributed by atoms with van der Waals surface area (Å²) in [5, 5.41) is 3.39. The second-order valence-corrected chi connectivity index (χ2v) is 5.47. The molecule has 1 saturated carbocycles. The molecule has 2 fully saturated rings. The number of nitrogens with one attached hydrogen (secondary N) is 1. The standard InChI is InChI=1S/C12H22N2O/c1-8(2)6-11-13-9(3)12(15)14(11)7-10-4-5-10/h8-11,13H,4-7H2,1-3H3. The zero-order valence-electron chi connectivity index (χ0n) is 9.99. The molecule has 1 N–H and O–H groups in total. The van der Waals surface area contributed by atoms with E-state index in [1.165, 1.54) is 12.8 Å². The van der Waals surface area contributed by atoms with E-state index in [0.29, 0.717) is 11.8 Å². The van der Waals surface area contributed by atoms with Crippen molar-refractivity contribution in [1.29, 1.82) is 0 Å². The van der Waals surface area contributed by atoms with Crippen LogP contribution in [0.1, 0.15) is 40.0 Å². The zero-order valence-corrected chi connectivity index (χ0v) is 9.99. The second-order valence-electron chi connectivity index (χ2n) is 5.47. The Labute approximate surface area is 92.2 Å². The number of rotatable bonds is 4. The predicted octanol–water partition coefficient (Wildman–Crippen LogP) is 1.59. The van der Waals surface area contributed by atoms with Crippen molar-refractivity contribution < 1.29 is 4.79 Å². The molecule has 0 aromatic heterocycles. The maximum atomic E-state index is 11.9. The van der Waals surface area contributed by atoms with Crippen molar-refractivity contribution in [2.75, 3.05) is 6.54 Å². The summed E-state index contributed by atoms with van der Waals surface area (Å²) in [7, 11) is 0. The molecule has 0 bridgehead atoms. The van der Waals surface area contributed by atoms with E-state index < -0.39 is 0 Å². The first-order valence-electron chi connectivity index (χ1n) is 6.14. The minimum absolute atomic E-state index is 0.0208. The number of nitrogens with zero attached hydrogens (tertiary/aromatic N) is 1. The Morgan fingerprint density at radius 1 is 1.47 bits per heavy atom. The van der Waals surface area contributed by atoms with Crippen molar-refractivity contribution in [3.63, 3.8) is 0 Å². The molecule has 1 saturated heterocycles. The smallest absolute Gasteiger partial charge is 0.240 e. The Morgan fingerprint density at radius 2 is 2.13 bits per heavy atom. The lowest BCUT2D eigenvalue weighted by Gasteiger charge is -2.25. The molecule has 0 aromatic rings. The fourth-order valence-electron chi connectivity index (χ4n) is 2.29. The van der Waals surface area contributed by atoms with E-state index in [4.69, 9.17) is 0 Å². The van der Waals surface area contributed by atoms with Gasteiger partial charge in [0.05, 0.1) is 12.2 Å². The second kappa shape index (κ2) is 4.12. The number of carbonyl (C=O) groups is 1. The first kappa shape index (κ1) is 10.9. The molecule has 2 unspecified atom stereocenters. The summed E-state index contributed by atoms with van der Waals surface area (Å²) in [6.07, 6.45) is 3.98. The van der Waals surface area contributed by atoms with Crippen LogP contribution in [0.4, 0.5) is 0 Å². The van der Waals surface area contributed by atoms with Crippen LogP contribution < -0.4 is 5.32 Å². The first-order valence-corrected chi connectivity index (χ1v) is 6.14. The molecular formula is C12H22N2O. The van der Waals surface area contributed by atoms with Crippen molar-refractivity contribution in [2.45, 2.75) is 52.2 Å². The van der Waals surface area contributed by atoms with Gasteiger partial charge in [0, 0.05) is 6.54 Å². The van der Waals surface area contributed by atoms with Gasteiger partial charge in [-0.15, -0.1) is 0 Å². The van der Waals surface area contributed by atoms with Crippen LogP contribution in [0.25, 0.3) is 0 Å². The number of carbonyl (C=O) groups excluding carboxylic acids is 1. The summed E-state index contributed by atoms with van der Waals surface area (Å²) in [6.45, 7) is 7.38. The highest BCUT2D eigenvalue weighted by Gasteiger charge is 2.39. The van der Waals surface area contributed by atoms with Gasteiger partial charge in [0.25, 0.3) is 0 Å². The molecule has 2 aliphatic rings. The van der Waals surface area contributed by atoms with Crippen molar-refractivity contribution in [3.8, 4) is 0 Å². The summed E-state index contributed by atoms with van der Waals surface area (Å²) in [6, 6.07) is 0.0208. The van der Waals surface area contributed by atoms with E-state index in [0.717, 1.165) is 18.9 Å². The van der Waals surface area contributed by atoms with Gasteiger partial charge in [-0.3, -0.25) is 10.1 Å². The topological polar surface area (TPSA) is 32.3 Å². The molecular weight excluding hydrogens is 188 g/mol. The molecule has 15 heavy (non-hydrogen) atoms. The largest absolute Gasteiger partial charge is 0.326 e. The highest BCUT2D eigenvalue weighted by atomic mass is 16.2. The molecule has 0 aromatic carbocycles. The van der Waals surface area contributed by atoms with Crippen LogP contribution in [0, 0.1) is 11.8 Å². The minimum atomic E-state index is 0.0208. The molecule has 1 aliphatic carbocycles. The van der Waals surface area contributed by atoms with Crippen LogP contribution in [0.15, 0.2) is 0 Å². The van der Waals surface area contributed by atoms with Crippen molar-refractivity contribution in [3.05, 3.63) is 0 Å². The monoisotopic (exact) mass is 210 g/mol. The third-order valence-corrected chi connectivity index (χ3v) is 3.32. The molecule has 1 aliphatic heterocycles. The molecule has 1 amide bonds. The maximum absolute atomic E-state index is 11.9. The third-order valence-electron chi connectivity index (χ3n) is 3.32. The maximum Gasteiger partial charge on any atom is 0.240 e. The van der Waals surface area contributed by atoms with E-state index in [1.807, 2.05) is 6.92 Å². The van der Waals surface area contributed by atoms with Gasteiger partial charge in [0.15, 0.2) is 0 Å². The van der Waals surface area contributed by atoms with Gasteiger partial charge >= 0.3 is 0 Å². The van der Waals surface area contributed by atoms with E-state index in [1.54, 1.807) is 0 Å². The molecule has 3 heteroatoms. The highest BCUT2D eigenvalue weighted by Crippen LogP contribution is 2.32. The average Bonchev–Trinajstić information content (AvgIpc) is 2.90. The number of hydrogen-bond donors (Lipinski definition) is 1. The summed E-state index contributed by atoms with van der Waals surface area (Å²) in [4.78, 5) is 14.0. The SMILES string of the molecule is CC(C)CC1NC(C)C(=O)N1CC1CC1. The van der Waals surface area contributed by atoms with Gasteiger partial charge in [0.1, 0.15) is 0 Å². The van der Waals surface area contributed by atoms with E-state index in [-0.39, 0.29) is 12.2 Å². The van der Waals surface area contributed by atoms with Crippen LogP contribution in [0.2, 0.25) is 0 Å². The van der Waals surface area contributed by atoms with Crippen molar-refractivity contribution in [2.24, 2.45) is 11.8 Å². The zero-order chi connectivity index (χ0) is 11.0. The predicted molar refractivity (Wildman–Crippen MR) is 60.3 cm³/mol. The lowest BCUT2D eigenvalue weighted by atomic mass is 10.1.